The summed E-state index contributed by atoms with van der Waals surface area (Å²) in [5.41, 5.74) is 5.87. The minimum atomic E-state index is -1.89. The Hall–Kier alpha value is -2.16. The zero-order valence-corrected chi connectivity index (χ0v) is 12.3. The van der Waals surface area contributed by atoms with Crippen LogP contribution in [-0.2, 0) is 19.2 Å². The molecule has 0 aromatic rings. The Morgan fingerprint density at radius 3 is 2.82 bits per heavy atom. The summed E-state index contributed by atoms with van der Waals surface area (Å²) in [6, 6.07) is -2.11. The van der Waals surface area contributed by atoms with Gasteiger partial charge in [-0.15, -0.1) is 5.06 Å². The predicted molar refractivity (Wildman–Crippen MR) is 71.9 cm³/mol. The van der Waals surface area contributed by atoms with E-state index in [0.717, 1.165) is 5.06 Å². The Morgan fingerprint density at radius 2 is 2.23 bits per heavy atom. The third kappa shape index (κ3) is 2.89. The first kappa shape index (κ1) is 16.2. The van der Waals surface area contributed by atoms with E-state index in [9.17, 15) is 18.8 Å². The molecule has 0 unspecified atom stereocenters. The number of halogens is 1. The zero-order valence-electron chi connectivity index (χ0n) is 12.3. The Labute approximate surface area is 126 Å². The number of urea groups is 1. The van der Waals surface area contributed by atoms with Gasteiger partial charge in [-0.25, -0.2) is 14.0 Å². The molecule has 2 aliphatic rings. The van der Waals surface area contributed by atoms with Crippen molar-refractivity contribution in [3.05, 3.63) is 11.6 Å². The SMILES string of the molecule is COCC[C@@H](F)C(=O)ON1C(=O)N2C[C@H]1C=C(C)[C@H]2C(N)=O. The standard InChI is InChI=1S/C13H18FN3O5/c1-7-5-8-6-16(10(7)11(15)18)13(20)17(8)22-12(19)9(14)3-4-21-2/h5,8-10H,3-4,6H2,1-2H3,(H2,15,18)/t8-,9-,10+/m1/s1. The lowest BCUT2D eigenvalue weighted by atomic mass is 10.0. The normalized spacial score (nSPS) is 25.0. The molecule has 1 saturated heterocycles. The average Bonchev–Trinajstić information content (AvgIpc) is 2.69. The maximum Gasteiger partial charge on any atom is 0.366 e. The number of carbonyl (C=O) groups excluding carboxylic acids is 3. The van der Waals surface area contributed by atoms with E-state index < -0.39 is 36.2 Å². The van der Waals surface area contributed by atoms with E-state index in [0.29, 0.717) is 5.57 Å². The lowest BCUT2D eigenvalue weighted by molar-refractivity contribution is -0.184. The van der Waals surface area contributed by atoms with E-state index in [1.54, 1.807) is 13.0 Å². The summed E-state index contributed by atoms with van der Waals surface area (Å²) in [5, 5.41) is 0.786. The number of ether oxygens (including phenoxy) is 1. The van der Waals surface area contributed by atoms with E-state index in [4.69, 9.17) is 10.6 Å². The molecule has 1 fully saturated rings. The largest absolute Gasteiger partial charge is 0.385 e. The number of nitrogens with zero attached hydrogens (tertiary/aromatic N) is 2. The first-order valence-corrected chi connectivity index (χ1v) is 6.79. The maximum absolute atomic E-state index is 13.6. The molecular weight excluding hydrogens is 297 g/mol. The fourth-order valence-electron chi connectivity index (χ4n) is 2.58. The van der Waals surface area contributed by atoms with Crippen molar-refractivity contribution in [3.8, 4) is 0 Å². The third-order valence-electron chi connectivity index (χ3n) is 3.61. The Balaban J connectivity index is 2.07. The quantitative estimate of drug-likeness (QED) is 0.680. The summed E-state index contributed by atoms with van der Waals surface area (Å²) in [6.07, 6.45) is -0.433. The van der Waals surface area contributed by atoms with Crippen molar-refractivity contribution in [2.75, 3.05) is 20.3 Å². The molecule has 3 atom stereocenters. The number of hydrogen-bond donors (Lipinski definition) is 1. The maximum atomic E-state index is 13.6. The van der Waals surface area contributed by atoms with Crippen molar-refractivity contribution in [1.29, 1.82) is 0 Å². The average molecular weight is 315 g/mol. The molecule has 0 saturated carbocycles. The van der Waals surface area contributed by atoms with Gasteiger partial charge in [-0.05, 0) is 12.5 Å². The van der Waals surface area contributed by atoms with Crippen molar-refractivity contribution in [2.24, 2.45) is 5.73 Å². The highest BCUT2D eigenvalue weighted by molar-refractivity contribution is 5.91. The summed E-state index contributed by atoms with van der Waals surface area (Å²) in [4.78, 5) is 41.4. The predicted octanol–water partition coefficient (Wildman–Crippen LogP) is -0.261. The van der Waals surface area contributed by atoms with E-state index >= 15 is 0 Å². The van der Waals surface area contributed by atoms with Gasteiger partial charge in [-0.2, -0.15) is 0 Å². The fraction of sp³-hybridized carbons (Fsp3) is 0.615. The molecule has 2 heterocycles. The van der Waals surface area contributed by atoms with Crippen LogP contribution in [0.1, 0.15) is 13.3 Å². The van der Waals surface area contributed by atoms with Crippen molar-refractivity contribution >= 4 is 17.9 Å². The van der Waals surface area contributed by atoms with Crippen molar-refractivity contribution < 1.29 is 28.3 Å². The summed E-state index contributed by atoms with van der Waals surface area (Å²) in [6.45, 7) is 1.87. The summed E-state index contributed by atoms with van der Waals surface area (Å²) in [5.74, 6) is -1.84. The van der Waals surface area contributed by atoms with E-state index in [2.05, 4.69) is 4.74 Å². The zero-order chi connectivity index (χ0) is 16.4. The molecule has 0 aromatic carbocycles. The number of primary amides is 1. The second-order valence-corrected chi connectivity index (χ2v) is 5.20. The summed E-state index contributed by atoms with van der Waals surface area (Å²) < 4.78 is 18.3. The van der Waals surface area contributed by atoms with Gasteiger partial charge in [-0.3, -0.25) is 4.79 Å². The van der Waals surface area contributed by atoms with Gasteiger partial charge in [0.25, 0.3) is 0 Å². The van der Waals surface area contributed by atoms with Gasteiger partial charge in [-0.1, -0.05) is 6.08 Å². The van der Waals surface area contributed by atoms with Crippen LogP contribution in [0.2, 0.25) is 0 Å². The Kier molecular flexibility index (Phi) is 4.65. The molecule has 3 amide bonds. The van der Waals surface area contributed by atoms with E-state index in [1.807, 2.05) is 0 Å². The van der Waals surface area contributed by atoms with Crippen LogP contribution in [0, 0.1) is 0 Å². The van der Waals surface area contributed by atoms with Gasteiger partial charge in [0.05, 0.1) is 6.54 Å². The third-order valence-corrected chi connectivity index (χ3v) is 3.61. The summed E-state index contributed by atoms with van der Waals surface area (Å²) in [7, 11) is 1.38. The lowest BCUT2D eigenvalue weighted by Gasteiger charge is -2.27. The number of hydroxylamine groups is 2. The lowest BCUT2D eigenvalue weighted by Crippen LogP contribution is -2.48. The highest BCUT2D eigenvalue weighted by atomic mass is 19.1. The molecule has 2 aliphatic heterocycles. The van der Waals surface area contributed by atoms with Crippen LogP contribution in [0.4, 0.5) is 9.18 Å². The van der Waals surface area contributed by atoms with Crippen LogP contribution in [0.5, 0.6) is 0 Å². The van der Waals surface area contributed by atoms with E-state index in [1.165, 1.54) is 12.0 Å². The fourth-order valence-corrected chi connectivity index (χ4v) is 2.58. The van der Waals surface area contributed by atoms with Gasteiger partial charge in [0, 0.05) is 20.1 Å². The minimum absolute atomic E-state index is 0.0581. The van der Waals surface area contributed by atoms with Gasteiger partial charge in [0.2, 0.25) is 12.1 Å². The van der Waals surface area contributed by atoms with Crippen LogP contribution in [0.25, 0.3) is 0 Å². The Bertz CT molecular complexity index is 524. The van der Waals surface area contributed by atoms with Gasteiger partial charge < -0.3 is 20.2 Å². The smallest absolute Gasteiger partial charge is 0.366 e. The van der Waals surface area contributed by atoms with Crippen LogP contribution in [-0.4, -0.2) is 66.4 Å². The molecule has 122 valence electrons. The highest BCUT2D eigenvalue weighted by Gasteiger charge is 2.48. The van der Waals surface area contributed by atoms with Crippen LogP contribution >= 0.6 is 0 Å². The highest BCUT2D eigenvalue weighted by Crippen LogP contribution is 2.29. The molecule has 2 rings (SSSR count). The number of rotatable bonds is 6. The van der Waals surface area contributed by atoms with Gasteiger partial charge in [0.1, 0.15) is 12.1 Å². The Morgan fingerprint density at radius 1 is 1.55 bits per heavy atom. The number of carbonyl (C=O) groups is 3. The first-order valence-electron chi connectivity index (χ1n) is 6.79. The number of nitrogens with two attached hydrogens (primary N) is 1. The number of methoxy groups -OCH3 is 1. The molecular formula is C13H18FN3O5. The second kappa shape index (κ2) is 6.30. The summed E-state index contributed by atoms with van der Waals surface area (Å²) >= 11 is 0. The van der Waals surface area contributed by atoms with Crippen LogP contribution < -0.4 is 5.73 Å². The van der Waals surface area contributed by atoms with Crippen LogP contribution in [0.3, 0.4) is 0 Å². The molecule has 8 nitrogen and oxygen atoms in total. The molecule has 2 N–H and O–H groups in total. The monoisotopic (exact) mass is 315 g/mol. The van der Waals surface area contributed by atoms with Gasteiger partial charge in [0.15, 0.2) is 0 Å². The van der Waals surface area contributed by atoms with Crippen LogP contribution in [0.15, 0.2) is 11.6 Å². The molecule has 22 heavy (non-hydrogen) atoms. The molecule has 0 spiro atoms. The number of hydrogen-bond acceptors (Lipinski definition) is 5. The molecule has 9 heteroatoms. The molecule has 0 radical (unpaired) electrons. The number of amides is 3. The number of fused-ring (bicyclic) bond motifs is 2. The first-order chi connectivity index (χ1) is 10.4. The minimum Gasteiger partial charge on any atom is -0.385 e. The molecule has 2 bridgehead atoms. The van der Waals surface area contributed by atoms with Crippen molar-refractivity contribution in [2.45, 2.75) is 31.6 Å². The van der Waals surface area contributed by atoms with Gasteiger partial charge >= 0.3 is 12.0 Å². The molecule has 0 aliphatic carbocycles. The topological polar surface area (TPSA) is 102 Å². The van der Waals surface area contributed by atoms with Crippen molar-refractivity contribution in [3.63, 3.8) is 0 Å². The number of alkyl halides is 1. The second-order valence-electron chi connectivity index (χ2n) is 5.20. The molecule has 0 aromatic heterocycles. The van der Waals surface area contributed by atoms with Crippen molar-refractivity contribution in [1.82, 2.24) is 9.96 Å². The van der Waals surface area contributed by atoms with E-state index in [-0.39, 0.29) is 19.6 Å².